The van der Waals surface area contributed by atoms with Crippen molar-refractivity contribution in [3.05, 3.63) is 62.1 Å². The van der Waals surface area contributed by atoms with Crippen LogP contribution in [0.25, 0.3) is 0 Å². The van der Waals surface area contributed by atoms with E-state index >= 15 is 0 Å². The molecule has 0 bridgehead atoms. The highest BCUT2D eigenvalue weighted by molar-refractivity contribution is 9.10. The number of phenols is 1. The molecule has 0 atom stereocenters. The quantitative estimate of drug-likeness (QED) is 0.503. The maximum absolute atomic E-state index is 11.0. The van der Waals surface area contributed by atoms with Gasteiger partial charge in [0.05, 0.1) is 4.92 Å². The standard InChI is InChI=1S/C14H13BrN2O3/c1-9-6-12(18)4-5-13(9)16-8-10-2-3-11(15)7-14(10)17(19)20/h2-7,16,18H,8H2,1H3. The number of nitro benzene ring substituents is 1. The van der Waals surface area contributed by atoms with Gasteiger partial charge in [0.25, 0.3) is 5.69 Å². The predicted octanol–water partition coefficient (Wildman–Crippen LogP) is 3.98. The first kappa shape index (κ1) is 14.3. The largest absolute Gasteiger partial charge is 0.508 e. The van der Waals surface area contributed by atoms with Gasteiger partial charge < -0.3 is 10.4 Å². The monoisotopic (exact) mass is 336 g/mol. The predicted molar refractivity (Wildman–Crippen MR) is 81.0 cm³/mol. The number of nitrogens with zero attached hydrogens (tertiary/aromatic N) is 1. The first-order valence-electron chi connectivity index (χ1n) is 5.93. The van der Waals surface area contributed by atoms with Gasteiger partial charge in [0.1, 0.15) is 5.75 Å². The van der Waals surface area contributed by atoms with Gasteiger partial charge in [-0.25, -0.2) is 0 Å². The van der Waals surface area contributed by atoms with E-state index in [9.17, 15) is 15.2 Å². The Kier molecular flexibility index (Phi) is 4.24. The molecule has 2 aromatic rings. The molecule has 0 saturated heterocycles. The minimum absolute atomic E-state index is 0.0725. The maximum Gasteiger partial charge on any atom is 0.275 e. The molecule has 0 saturated carbocycles. The number of phenolic OH excluding ortho intramolecular Hbond substituents is 1. The number of aryl methyl sites for hydroxylation is 1. The number of rotatable bonds is 4. The smallest absolute Gasteiger partial charge is 0.275 e. The van der Waals surface area contributed by atoms with Crippen molar-refractivity contribution in [1.82, 2.24) is 0 Å². The third-order valence-corrected chi connectivity index (χ3v) is 3.42. The molecule has 2 rings (SSSR count). The van der Waals surface area contributed by atoms with E-state index in [4.69, 9.17) is 0 Å². The van der Waals surface area contributed by atoms with Gasteiger partial charge in [-0.1, -0.05) is 15.9 Å². The van der Waals surface area contributed by atoms with Crippen LogP contribution in [0.1, 0.15) is 11.1 Å². The zero-order valence-corrected chi connectivity index (χ0v) is 12.3. The van der Waals surface area contributed by atoms with Crippen molar-refractivity contribution < 1.29 is 10.0 Å². The van der Waals surface area contributed by atoms with Crippen molar-refractivity contribution in [2.24, 2.45) is 0 Å². The molecule has 0 aliphatic heterocycles. The molecule has 0 amide bonds. The number of benzene rings is 2. The Hall–Kier alpha value is -2.08. The topological polar surface area (TPSA) is 75.4 Å². The average molecular weight is 337 g/mol. The summed E-state index contributed by atoms with van der Waals surface area (Å²) in [5, 5.41) is 23.5. The van der Waals surface area contributed by atoms with Crippen LogP contribution in [0.15, 0.2) is 40.9 Å². The molecule has 5 nitrogen and oxygen atoms in total. The fraction of sp³-hybridized carbons (Fsp3) is 0.143. The minimum atomic E-state index is -0.397. The van der Waals surface area contributed by atoms with Crippen LogP contribution >= 0.6 is 15.9 Å². The zero-order valence-electron chi connectivity index (χ0n) is 10.8. The van der Waals surface area contributed by atoms with Gasteiger partial charge in [0.15, 0.2) is 0 Å². The summed E-state index contributed by atoms with van der Waals surface area (Å²) in [6, 6.07) is 9.93. The van der Waals surface area contributed by atoms with E-state index < -0.39 is 4.92 Å². The summed E-state index contributed by atoms with van der Waals surface area (Å²) in [6.45, 7) is 2.20. The number of nitrogens with one attached hydrogen (secondary N) is 1. The normalized spacial score (nSPS) is 10.3. The molecule has 0 spiro atoms. The summed E-state index contributed by atoms with van der Waals surface area (Å²) in [6.07, 6.45) is 0. The Morgan fingerprint density at radius 1 is 1.30 bits per heavy atom. The van der Waals surface area contributed by atoms with Crippen LogP contribution in [0.2, 0.25) is 0 Å². The minimum Gasteiger partial charge on any atom is -0.508 e. The van der Waals surface area contributed by atoms with Crippen molar-refractivity contribution in [3.8, 4) is 5.75 Å². The van der Waals surface area contributed by atoms with Crippen LogP contribution in [0, 0.1) is 17.0 Å². The fourth-order valence-corrected chi connectivity index (χ4v) is 2.24. The SMILES string of the molecule is Cc1cc(O)ccc1NCc1ccc(Br)cc1[N+](=O)[O-]. The molecule has 6 heteroatoms. The Bertz CT molecular complexity index is 659. The molecule has 2 N–H and O–H groups in total. The highest BCUT2D eigenvalue weighted by Crippen LogP contribution is 2.26. The lowest BCUT2D eigenvalue weighted by atomic mass is 10.1. The highest BCUT2D eigenvalue weighted by atomic mass is 79.9. The number of hydrogen-bond donors (Lipinski definition) is 2. The second kappa shape index (κ2) is 5.92. The van der Waals surface area contributed by atoms with E-state index in [0.29, 0.717) is 16.6 Å². The molecule has 0 radical (unpaired) electrons. The fourth-order valence-electron chi connectivity index (χ4n) is 1.89. The van der Waals surface area contributed by atoms with Crippen LogP contribution in [-0.4, -0.2) is 10.0 Å². The average Bonchev–Trinajstić information content (AvgIpc) is 2.38. The summed E-state index contributed by atoms with van der Waals surface area (Å²) < 4.78 is 0.675. The molecule has 2 aromatic carbocycles. The third-order valence-electron chi connectivity index (χ3n) is 2.92. The maximum atomic E-state index is 11.0. The van der Waals surface area contributed by atoms with Crippen LogP contribution in [0.4, 0.5) is 11.4 Å². The van der Waals surface area contributed by atoms with Crippen LogP contribution in [0.5, 0.6) is 5.75 Å². The van der Waals surface area contributed by atoms with Gasteiger partial charge in [0, 0.05) is 28.3 Å². The van der Waals surface area contributed by atoms with E-state index in [1.54, 1.807) is 30.3 Å². The Balaban J connectivity index is 2.20. The van der Waals surface area contributed by atoms with Crippen molar-refractivity contribution in [2.75, 3.05) is 5.32 Å². The summed E-state index contributed by atoms with van der Waals surface area (Å²) in [5.41, 5.74) is 2.39. The number of nitro groups is 1. The molecule has 20 heavy (non-hydrogen) atoms. The first-order valence-corrected chi connectivity index (χ1v) is 6.73. The van der Waals surface area contributed by atoms with Gasteiger partial charge in [0.2, 0.25) is 0 Å². The number of halogens is 1. The molecule has 0 heterocycles. The Morgan fingerprint density at radius 2 is 2.05 bits per heavy atom. The van der Waals surface area contributed by atoms with Crippen LogP contribution in [0.3, 0.4) is 0 Å². The Morgan fingerprint density at radius 3 is 2.70 bits per heavy atom. The van der Waals surface area contributed by atoms with Gasteiger partial charge in [-0.3, -0.25) is 10.1 Å². The highest BCUT2D eigenvalue weighted by Gasteiger charge is 2.14. The molecule has 104 valence electrons. The van der Waals surface area contributed by atoms with E-state index in [1.807, 2.05) is 6.92 Å². The van der Waals surface area contributed by atoms with E-state index in [2.05, 4.69) is 21.2 Å². The summed E-state index contributed by atoms with van der Waals surface area (Å²) >= 11 is 3.23. The lowest BCUT2D eigenvalue weighted by Crippen LogP contribution is -2.04. The summed E-state index contributed by atoms with van der Waals surface area (Å²) in [7, 11) is 0. The second-order valence-corrected chi connectivity index (χ2v) is 5.30. The van der Waals surface area contributed by atoms with Crippen molar-refractivity contribution in [3.63, 3.8) is 0 Å². The van der Waals surface area contributed by atoms with Crippen LogP contribution in [-0.2, 0) is 6.54 Å². The summed E-state index contributed by atoms with van der Waals surface area (Å²) in [5.74, 6) is 0.197. The number of aromatic hydroxyl groups is 1. The molecule has 0 unspecified atom stereocenters. The molecular formula is C14H13BrN2O3. The lowest BCUT2D eigenvalue weighted by Gasteiger charge is -2.10. The first-order chi connectivity index (χ1) is 9.47. The van der Waals surface area contributed by atoms with Gasteiger partial charge >= 0.3 is 0 Å². The van der Waals surface area contributed by atoms with E-state index in [1.165, 1.54) is 6.07 Å². The van der Waals surface area contributed by atoms with E-state index in [0.717, 1.165) is 11.3 Å². The molecule has 0 aromatic heterocycles. The lowest BCUT2D eigenvalue weighted by molar-refractivity contribution is -0.385. The third kappa shape index (κ3) is 3.27. The molecule has 0 aliphatic carbocycles. The van der Waals surface area contributed by atoms with Gasteiger partial charge in [-0.2, -0.15) is 0 Å². The number of anilines is 1. The molecule has 0 fully saturated rings. The van der Waals surface area contributed by atoms with Crippen molar-refractivity contribution in [2.45, 2.75) is 13.5 Å². The van der Waals surface area contributed by atoms with Crippen molar-refractivity contribution in [1.29, 1.82) is 0 Å². The van der Waals surface area contributed by atoms with Gasteiger partial charge in [-0.15, -0.1) is 0 Å². The van der Waals surface area contributed by atoms with E-state index in [-0.39, 0.29) is 11.4 Å². The second-order valence-electron chi connectivity index (χ2n) is 4.38. The zero-order chi connectivity index (χ0) is 14.7. The molecular weight excluding hydrogens is 324 g/mol. The number of hydrogen-bond acceptors (Lipinski definition) is 4. The summed E-state index contributed by atoms with van der Waals surface area (Å²) in [4.78, 5) is 10.6. The Labute approximate surface area is 124 Å². The molecule has 0 aliphatic rings. The van der Waals surface area contributed by atoms with Gasteiger partial charge in [-0.05, 0) is 42.8 Å². The van der Waals surface area contributed by atoms with Crippen LogP contribution < -0.4 is 5.32 Å². The van der Waals surface area contributed by atoms with Crippen molar-refractivity contribution >= 4 is 27.3 Å².